The SMILES string of the molecule is NNC(=O)c1cc(Cl)c(OCc2cccnc2)c(Cl)c1. The molecule has 7 heteroatoms. The van der Waals surface area contributed by atoms with E-state index in [1.165, 1.54) is 12.1 Å². The second kappa shape index (κ2) is 6.56. The summed E-state index contributed by atoms with van der Waals surface area (Å²) in [5.41, 5.74) is 3.15. The van der Waals surface area contributed by atoms with Crippen LogP contribution in [-0.2, 0) is 6.61 Å². The minimum Gasteiger partial charge on any atom is -0.486 e. The minimum atomic E-state index is -0.479. The first-order chi connectivity index (χ1) is 9.61. The van der Waals surface area contributed by atoms with Crippen LogP contribution in [0.15, 0.2) is 36.7 Å². The van der Waals surface area contributed by atoms with E-state index >= 15 is 0 Å². The van der Waals surface area contributed by atoms with Crippen LogP contribution < -0.4 is 16.0 Å². The van der Waals surface area contributed by atoms with Crippen LogP contribution in [-0.4, -0.2) is 10.9 Å². The molecule has 0 unspecified atom stereocenters. The molecule has 2 rings (SSSR count). The second-order valence-electron chi connectivity index (χ2n) is 3.89. The normalized spacial score (nSPS) is 10.2. The first-order valence-electron chi connectivity index (χ1n) is 5.63. The van der Waals surface area contributed by atoms with E-state index in [1.54, 1.807) is 18.5 Å². The molecular formula is C13H11Cl2N3O2. The van der Waals surface area contributed by atoms with Crippen molar-refractivity contribution in [2.75, 3.05) is 0 Å². The van der Waals surface area contributed by atoms with Crippen LogP contribution in [0.1, 0.15) is 15.9 Å². The quantitative estimate of drug-likeness (QED) is 0.517. The lowest BCUT2D eigenvalue weighted by atomic mass is 10.2. The summed E-state index contributed by atoms with van der Waals surface area (Å²) in [5, 5.41) is 0.472. The van der Waals surface area contributed by atoms with E-state index in [4.69, 9.17) is 33.8 Å². The van der Waals surface area contributed by atoms with Gasteiger partial charge in [0.2, 0.25) is 0 Å². The first kappa shape index (κ1) is 14.6. The van der Waals surface area contributed by atoms with Gasteiger partial charge >= 0.3 is 0 Å². The fourth-order valence-electron chi connectivity index (χ4n) is 1.55. The Balaban J connectivity index is 2.18. The van der Waals surface area contributed by atoms with Crippen molar-refractivity contribution in [3.63, 3.8) is 0 Å². The van der Waals surface area contributed by atoms with Crippen LogP contribution in [0.25, 0.3) is 0 Å². The molecule has 0 bridgehead atoms. The summed E-state index contributed by atoms with van der Waals surface area (Å²) in [5.74, 6) is 4.88. The van der Waals surface area contributed by atoms with Gasteiger partial charge in [0, 0.05) is 23.5 Å². The molecule has 3 N–H and O–H groups in total. The number of nitrogen functional groups attached to an aromatic ring is 1. The van der Waals surface area contributed by atoms with Gasteiger partial charge in [0.25, 0.3) is 5.91 Å². The summed E-state index contributed by atoms with van der Waals surface area (Å²) >= 11 is 12.1. The average molecular weight is 312 g/mol. The fraction of sp³-hybridized carbons (Fsp3) is 0.0769. The number of nitrogens with one attached hydrogen (secondary N) is 1. The van der Waals surface area contributed by atoms with Crippen LogP contribution in [0.4, 0.5) is 0 Å². The van der Waals surface area contributed by atoms with Crippen LogP contribution in [0.2, 0.25) is 10.0 Å². The van der Waals surface area contributed by atoms with Gasteiger partial charge in [-0.15, -0.1) is 0 Å². The molecule has 0 atom stereocenters. The molecule has 0 saturated heterocycles. The summed E-state index contributed by atoms with van der Waals surface area (Å²) in [6, 6.07) is 6.55. The van der Waals surface area contributed by atoms with Crippen molar-refractivity contribution >= 4 is 29.1 Å². The number of hydrogen-bond donors (Lipinski definition) is 2. The number of amides is 1. The molecule has 1 amide bonds. The van der Waals surface area contributed by atoms with Gasteiger partial charge < -0.3 is 4.74 Å². The number of aromatic nitrogens is 1. The molecule has 5 nitrogen and oxygen atoms in total. The lowest BCUT2D eigenvalue weighted by Crippen LogP contribution is -2.29. The van der Waals surface area contributed by atoms with Gasteiger partial charge in [-0.2, -0.15) is 0 Å². The average Bonchev–Trinajstić information content (AvgIpc) is 2.46. The van der Waals surface area contributed by atoms with Crippen LogP contribution in [0.3, 0.4) is 0 Å². The fourth-order valence-corrected chi connectivity index (χ4v) is 2.15. The van der Waals surface area contributed by atoms with Gasteiger partial charge in [-0.1, -0.05) is 29.3 Å². The smallest absolute Gasteiger partial charge is 0.265 e. The van der Waals surface area contributed by atoms with Crippen molar-refractivity contribution in [3.8, 4) is 5.75 Å². The number of rotatable bonds is 4. The molecule has 2 aromatic rings. The Bertz CT molecular complexity index is 597. The van der Waals surface area contributed by atoms with Crippen LogP contribution >= 0.6 is 23.2 Å². The predicted octanol–water partition coefficient (Wildman–Crippen LogP) is 2.57. The summed E-state index contributed by atoms with van der Waals surface area (Å²) < 4.78 is 5.56. The third kappa shape index (κ3) is 3.39. The van der Waals surface area contributed by atoms with Crippen molar-refractivity contribution in [1.82, 2.24) is 10.4 Å². The Morgan fingerprint density at radius 1 is 1.35 bits per heavy atom. The Morgan fingerprint density at radius 3 is 2.60 bits per heavy atom. The van der Waals surface area contributed by atoms with E-state index in [-0.39, 0.29) is 22.2 Å². The summed E-state index contributed by atoms with van der Waals surface area (Å²) in [6.07, 6.45) is 3.35. The van der Waals surface area contributed by atoms with Crippen molar-refractivity contribution in [1.29, 1.82) is 0 Å². The zero-order valence-electron chi connectivity index (χ0n) is 10.3. The molecule has 20 heavy (non-hydrogen) atoms. The van der Waals surface area contributed by atoms with E-state index in [9.17, 15) is 4.79 Å². The monoisotopic (exact) mass is 311 g/mol. The zero-order valence-corrected chi connectivity index (χ0v) is 11.8. The standard InChI is InChI=1S/C13H11Cl2N3O2/c14-10-4-9(13(19)18-16)5-11(15)12(10)20-7-8-2-1-3-17-6-8/h1-6H,7,16H2,(H,18,19). The van der Waals surface area contributed by atoms with Crippen LogP contribution in [0.5, 0.6) is 5.75 Å². The third-order valence-corrected chi connectivity index (χ3v) is 3.06. The number of carbonyl (C=O) groups is 1. The number of halogens is 2. The van der Waals surface area contributed by atoms with Gasteiger partial charge in [0.1, 0.15) is 6.61 Å². The number of nitrogens with two attached hydrogens (primary N) is 1. The summed E-state index contributed by atoms with van der Waals surface area (Å²) in [4.78, 5) is 15.4. The number of benzene rings is 1. The molecule has 1 heterocycles. The molecule has 104 valence electrons. The molecule has 0 radical (unpaired) electrons. The van der Waals surface area contributed by atoms with Crippen molar-refractivity contribution in [3.05, 3.63) is 57.8 Å². The Hall–Kier alpha value is -1.82. The molecular weight excluding hydrogens is 301 g/mol. The van der Waals surface area contributed by atoms with Crippen molar-refractivity contribution < 1.29 is 9.53 Å². The lowest BCUT2D eigenvalue weighted by Gasteiger charge is -2.11. The third-order valence-electron chi connectivity index (χ3n) is 2.50. The topological polar surface area (TPSA) is 77.2 Å². The van der Waals surface area contributed by atoms with Crippen LogP contribution in [0, 0.1) is 0 Å². The highest BCUT2D eigenvalue weighted by molar-refractivity contribution is 6.37. The van der Waals surface area contributed by atoms with E-state index in [0.717, 1.165) is 5.56 Å². The Labute approximate surface area is 125 Å². The number of ether oxygens (including phenoxy) is 1. The molecule has 0 aliphatic heterocycles. The highest BCUT2D eigenvalue weighted by atomic mass is 35.5. The van der Waals surface area contributed by atoms with E-state index in [0.29, 0.717) is 5.75 Å². The van der Waals surface area contributed by atoms with Crippen molar-refractivity contribution in [2.24, 2.45) is 5.84 Å². The first-order valence-corrected chi connectivity index (χ1v) is 6.39. The van der Waals surface area contributed by atoms with Crippen molar-refractivity contribution in [2.45, 2.75) is 6.61 Å². The summed E-state index contributed by atoms with van der Waals surface area (Å²) in [7, 11) is 0. The molecule has 0 aliphatic carbocycles. The molecule has 0 spiro atoms. The Morgan fingerprint density at radius 2 is 2.05 bits per heavy atom. The van der Waals surface area contributed by atoms with E-state index < -0.39 is 5.91 Å². The number of hydrazine groups is 1. The predicted molar refractivity (Wildman–Crippen MR) is 76.7 cm³/mol. The molecule has 0 saturated carbocycles. The second-order valence-corrected chi connectivity index (χ2v) is 4.71. The van der Waals surface area contributed by atoms with E-state index in [2.05, 4.69) is 4.98 Å². The zero-order chi connectivity index (χ0) is 14.5. The number of carbonyl (C=O) groups excluding carboxylic acids is 1. The maximum Gasteiger partial charge on any atom is 0.265 e. The molecule has 0 aliphatic rings. The van der Waals surface area contributed by atoms with Gasteiger partial charge in [-0.25, -0.2) is 5.84 Å². The maximum absolute atomic E-state index is 11.4. The van der Waals surface area contributed by atoms with E-state index in [1.807, 2.05) is 11.5 Å². The molecule has 0 fully saturated rings. The highest BCUT2D eigenvalue weighted by Crippen LogP contribution is 2.34. The highest BCUT2D eigenvalue weighted by Gasteiger charge is 2.13. The number of hydrogen-bond acceptors (Lipinski definition) is 4. The largest absolute Gasteiger partial charge is 0.486 e. The van der Waals surface area contributed by atoms with Gasteiger partial charge in [-0.3, -0.25) is 15.2 Å². The number of pyridine rings is 1. The number of nitrogens with zero attached hydrogens (tertiary/aromatic N) is 1. The maximum atomic E-state index is 11.4. The van der Waals surface area contributed by atoms with Gasteiger partial charge in [-0.05, 0) is 18.2 Å². The van der Waals surface area contributed by atoms with Gasteiger partial charge in [0.15, 0.2) is 5.75 Å². The summed E-state index contributed by atoms with van der Waals surface area (Å²) in [6.45, 7) is 0.274. The van der Waals surface area contributed by atoms with Gasteiger partial charge in [0.05, 0.1) is 10.0 Å². The lowest BCUT2D eigenvalue weighted by molar-refractivity contribution is 0.0953. The minimum absolute atomic E-state index is 0.236. The molecule has 1 aromatic heterocycles. The molecule has 1 aromatic carbocycles. The Kier molecular flexibility index (Phi) is 4.79.